The molecule has 90 valence electrons. The topological polar surface area (TPSA) is 24.1 Å². The smallest absolute Gasteiger partial charge is 0.0843 e. The maximum absolute atomic E-state index is 3.55. The average molecular weight is 220 g/mol. The Balaban J connectivity index is 1.81. The van der Waals surface area contributed by atoms with Crippen LogP contribution in [-0.2, 0) is 0 Å². The molecule has 16 heavy (non-hydrogen) atoms. The first kappa shape index (κ1) is 10.5. The second kappa shape index (κ2) is 3.97. The lowest BCUT2D eigenvalue weighted by Crippen LogP contribution is -2.27. The van der Waals surface area contributed by atoms with Gasteiger partial charge in [0, 0.05) is 17.3 Å². The van der Waals surface area contributed by atoms with Crippen LogP contribution in [0, 0.1) is 17.3 Å². The quantitative estimate of drug-likeness (QED) is 0.747. The van der Waals surface area contributed by atoms with Gasteiger partial charge in [-0.1, -0.05) is 32.6 Å². The standard InChI is InChI=1S/C14H24N2/c1-2-14(13-9-15-10-16-13)7-11-5-3-4-6-12(11)8-14/h9,11-12,15-16H,2-8,10H2,1H3. The van der Waals surface area contributed by atoms with Crippen molar-refractivity contribution in [1.82, 2.24) is 10.6 Å². The first-order valence-electron chi connectivity index (χ1n) is 7.02. The highest BCUT2D eigenvalue weighted by atomic mass is 15.1. The zero-order valence-corrected chi connectivity index (χ0v) is 10.4. The third-order valence-electron chi connectivity index (χ3n) is 5.25. The van der Waals surface area contributed by atoms with Crippen LogP contribution in [-0.4, -0.2) is 6.67 Å². The summed E-state index contributed by atoms with van der Waals surface area (Å²) >= 11 is 0. The Kier molecular flexibility index (Phi) is 2.61. The van der Waals surface area contributed by atoms with E-state index >= 15 is 0 Å². The molecule has 0 aromatic heterocycles. The summed E-state index contributed by atoms with van der Waals surface area (Å²) in [6.07, 6.45) is 12.4. The van der Waals surface area contributed by atoms with Crippen molar-refractivity contribution in [3.8, 4) is 0 Å². The highest BCUT2D eigenvalue weighted by Crippen LogP contribution is 2.56. The molecule has 2 unspecified atom stereocenters. The van der Waals surface area contributed by atoms with Crippen LogP contribution in [0.4, 0.5) is 0 Å². The summed E-state index contributed by atoms with van der Waals surface area (Å²) in [5, 5.41) is 6.87. The zero-order valence-electron chi connectivity index (χ0n) is 10.4. The van der Waals surface area contributed by atoms with Crippen molar-refractivity contribution in [2.24, 2.45) is 17.3 Å². The van der Waals surface area contributed by atoms with Gasteiger partial charge in [0.15, 0.2) is 0 Å². The number of fused-ring (bicyclic) bond motifs is 1. The minimum atomic E-state index is 0.489. The summed E-state index contributed by atoms with van der Waals surface area (Å²) < 4.78 is 0. The Hall–Kier alpha value is -0.660. The van der Waals surface area contributed by atoms with Crippen molar-refractivity contribution in [2.45, 2.75) is 51.9 Å². The van der Waals surface area contributed by atoms with Gasteiger partial charge in [0.2, 0.25) is 0 Å². The molecule has 1 heterocycles. The van der Waals surface area contributed by atoms with E-state index in [4.69, 9.17) is 0 Å². The first-order chi connectivity index (χ1) is 7.84. The van der Waals surface area contributed by atoms with Crippen molar-refractivity contribution < 1.29 is 0 Å². The van der Waals surface area contributed by atoms with Crippen LogP contribution in [0.2, 0.25) is 0 Å². The highest BCUT2D eigenvalue weighted by Gasteiger charge is 2.47. The Bertz CT molecular complexity index is 281. The van der Waals surface area contributed by atoms with Gasteiger partial charge in [0.25, 0.3) is 0 Å². The maximum Gasteiger partial charge on any atom is 0.0843 e. The van der Waals surface area contributed by atoms with Crippen LogP contribution in [0.15, 0.2) is 11.9 Å². The van der Waals surface area contributed by atoms with Gasteiger partial charge in [0.1, 0.15) is 0 Å². The number of nitrogens with one attached hydrogen (secondary N) is 2. The second-order valence-corrected chi connectivity index (χ2v) is 5.96. The third kappa shape index (κ3) is 1.54. The zero-order chi connectivity index (χ0) is 11.0. The summed E-state index contributed by atoms with van der Waals surface area (Å²) in [5.74, 6) is 2.05. The van der Waals surface area contributed by atoms with E-state index in [-0.39, 0.29) is 0 Å². The van der Waals surface area contributed by atoms with Crippen molar-refractivity contribution >= 4 is 0 Å². The van der Waals surface area contributed by atoms with Gasteiger partial charge >= 0.3 is 0 Å². The van der Waals surface area contributed by atoms with Gasteiger partial charge in [0.05, 0.1) is 6.67 Å². The van der Waals surface area contributed by atoms with E-state index in [2.05, 4.69) is 23.8 Å². The van der Waals surface area contributed by atoms with E-state index in [1.165, 1.54) is 50.6 Å². The number of allylic oxidation sites excluding steroid dienone is 1. The van der Waals surface area contributed by atoms with Gasteiger partial charge in [-0.25, -0.2) is 0 Å². The molecule has 2 N–H and O–H groups in total. The molecule has 0 aromatic rings. The maximum atomic E-state index is 3.55. The third-order valence-corrected chi connectivity index (χ3v) is 5.25. The number of rotatable bonds is 2. The Morgan fingerprint density at radius 2 is 1.94 bits per heavy atom. The van der Waals surface area contributed by atoms with E-state index in [0.29, 0.717) is 5.41 Å². The molecule has 2 heteroatoms. The number of hydrogen-bond donors (Lipinski definition) is 2. The molecule has 0 radical (unpaired) electrons. The fourth-order valence-corrected chi connectivity index (χ4v) is 4.30. The molecule has 2 aliphatic carbocycles. The molecule has 0 spiro atoms. The lowest BCUT2D eigenvalue weighted by Gasteiger charge is -2.29. The van der Waals surface area contributed by atoms with E-state index in [0.717, 1.165) is 18.5 Å². The van der Waals surface area contributed by atoms with Crippen molar-refractivity contribution in [3.63, 3.8) is 0 Å². The molecule has 3 rings (SSSR count). The monoisotopic (exact) mass is 220 g/mol. The van der Waals surface area contributed by atoms with E-state index in [9.17, 15) is 0 Å². The summed E-state index contributed by atoms with van der Waals surface area (Å²) in [4.78, 5) is 0. The predicted molar refractivity (Wildman–Crippen MR) is 66.6 cm³/mol. The van der Waals surface area contributed by atoms with Gasteiger partial charge in [-0.05, 0) is 31.1 Å². The second-order valence-electron chi connectivity index (χ2n) is 5.96. The Morgan fingerprint density at radius 1 is 1.25 bits per heavy atom. The molecule has 2 nitrogen and oxygen atoms in total. The van der Waals surface area contributed by atoms with Crippen LogP contribution in [0.3, 0.4) is 0 Å². The average Bonchev–Trinajstić information content (AvgIpc) is 2.96. The van der Waals surface area contributed by atoms with Crippen LogP contribution < -0.4 is 10.6 Å². The van der Waals surface area contributed by atoms with Crippen molar-refractivity contribution in [3.05, 3.63) is 11.9 Å². The molecule has 0 aromatic carbocycles. The van der Waals surface area contributed by atoms with Crippen LogP contribution in [0.5, 0.6) is 0 Å². The molecule has 0 saturated heterocycles. The molecular weight excluding hydrogens is 196 g/mol. The predicted octanol–water partition coefficient (Wildman–Crippen LogP) is 2.97. The normalized spacial score (nSPS) is 42.2. The van der Waals surface area contributed by atoms with E-state index in [1.807, 2.05) is 0 Å². The summed E-state index contributed by atoms with van der Waals surface area (Å²) in [6.45, 7) is 3.31. The molecule has 0 amide bonds. The molecule has 3 aliphatic rings. The Morgan fingerprint density at radius 3 is 2.44 bits per heavy atom. The van der Waals surface area contributed by atoms with Crippen molar-refractivity contribution in [1.29, 1.82) is 0 Å². The molecule has 2 saturated carbocycles. The van der Waals surface area contributed by atoms with Gasteiger partial charge in [-0.15, -0.1) is 0 Å². The van der Waals surface area contributed by atoms with E-state index < -0.39 is 0 Å². The lowest BCUT2D eigenvalue weighted by molar-refractivity contribution is 0.277. The minimum Gasteiger partial charge on any atom is -0.372 e. The lowest BCUT2D eigenvalue weighted by atomic mass is 9.79. The van der Waals surface area contributed by atoms with E-state index in [1.54, 1.807) is 0 Å². The SMILES string of the molecule is CCC1(C2=CNCN2)CC2CCCCC2C1. The van der Waals surface area contributed by atoms with Crippen LogP contribution in [0.1, 0.15) is 51.9 Å². The van der Waals surface area contributed by atoms with Gasteiger partial charge in [-0.2, -0.15) is 0 Å². The van der Waals surface area contributed by atoms with Gasteiger partial charge < -0.3 is 10.6 Å². The van der Waals surface area contributed by atoms with Crippen LogP contribution in [0.25, 0.3) is 0 Å². The van der Waals surface area contributed by atoms with Crippen molar-refractivity contribution in [2.75, 3.05) is 6.67 Å². The molecule has 2 atom stereocenters. The molecule has 2 fully saturated rings. The summed E-state index contributed by atoms with van der Waals surface area (Å²) in [5.41, 5.74) is 1.99. The fourth-order valence-electron chi connectivity index (χ4n) is 4.30. The number of hydrogen-bond acceptors (Lipinski definition) is 2. The summed E-state index contributed by atoms with van der Waals surface area (Å²) in [6, 6.07) is 0. The van der Waals surface area contributed by atoms with Gasteiger partial charge in [-0.3, -0.25) is 0 Å². The highest BCUT2D eigenvalue weighted by molar-refractivity contribution is 5.19. The molecule has 1 aliphatic heterocycles. The largest absolute Gasteiger partial charge is 0.372 e. The first-order valence-corrected chi connectivity index (χ1v) is 7.02. The summed E-state index contributed by atoms with van der Waals surface area (Å²) in [7, 11) is 0. The fraction of sp³-hybridized carbons (Fsp3) is 0.857. The molecular formula is C14H24N2. The van der Waals surface area contributed by atoms with Crippen LogP contribution >= 0.6 is 0 Å². The Labute approximate surface area is 98.9 Å². The molecule has 0 bridgehead atoms. The minimum absolute atomic E-state index is 0.489.